The lowest BCUT2D eigenvalue weighted by Gasteiger charge is -2.14. The van der Waals surface area contributed by atoms with Crippen molar-refractivity contribution in [1.29, 1.82) is 0 Å². The minimum atomic E-state index is -0.604. The highest BCUT2D eigenvalue weighted by Gasteiger charge is 2.28. The maximum Gasteiger partial charge on any atom is 0.318 e. The first-order valence-electron chi connectivity index (χ1n) is 5.74. The van der Waals surface area contributed by atoms with E-state index in [-0.39, 0.29) is 11.8 Å². The molecule has 0 N–H and O–H groups in total. The number of hydrogen-bond acceptors (Lipinski definition) is 5. The molecule has 0 saturated heterocycles. The summed E-state index contributed by atoms with van der Waals surface area (Å²) >= 11 is 3.33. The second-order valence-corrected chi connectivity index (χ2v) is 5.61. The summed E-state index contributed by atoms with van der Waals surface area (Å²) in [6.07, 6.45) is 1.54. The number of furan rings is 1. The number of rotatable bonds is 3. The van der Waals surface area contributed by atoms with Crippen LogP contribution in [0.5, 0.6) is 5.88 Å². The van der Waals surface area contributed by atoms with Crippen molar-refractivity contribution in [2.24, 2.45) is 5.41 Å². The fraction of sp³-hybridized carbons (Fsp3) is 0.385. The Bertz CT molecular complexity index is 566. The summed E-state index contributed by atoms with van der Waals surface area (Å²) in [5, 5.41) is 4.23. The van der Waals surface area contributed by atoms with Crippen LogP contribution in [0.3, 0.4) is 0 Å². The van der Waals surface area contributed by atoms with E-state index in [0.717, 1.165) is 0 Å². The van der Waals surface area contributed by atoms with Crippen molar-refractivity contribution in [2.45, 2.75) is 26.1 Å². The molecule has 2 rings (SSSR count). The van der Waals surface area contributed by atoms with Crippen LogP contribution in [0.15, 0.2) is 27.3 Å². The molecule has 19 heavy (non-hydrogen) atoms. The van der Waals surface area contributed by atoms with Crippen LogP contribution in [0.25, 0.3) is 11.5 Å². The van der Waals surface area contributed by atoms with Gasteiger partial charge < -0.3 is 13.7 Å². The number of nitrogens with zero attached hydrogens (tertiary/aromatic N) is 1. The maximum atomic E-state index is 11.9. The molecule has 5 nitrogen and oxygen atoms in total. The van der Waals surface area contributed by atoms with Crippen LogP contribution in [-0.2, 0) is 10.1 Å². The zero-order valence-corrected chi connectivity index (χ0v) is 12.5. The van der Waals surface area contributed by atoms with Crippen LogP contribution < -0.4 is 4.74 Å². The first kappa shape index (κ1) is 13.9. The number of hydrogen-bond donors (Lipinski definition) is 0. The largest absolute Gasteiger partial charge is 0.461 e. The second kappa shape index (κ2) is 5.21. The van der Waals surface area contributed by atoms with Gasteiger partial charge in [-0.25, -0.2) is 0 Å². The Morgan fingerprint density at radius 3 is 2.74 bits per heavy atom. The van der Waals surface area contributed by atoms with E-state index >= 15 is 0 Å². The minimum absolute atomic E-state index is 0.170. The Balaban J connectivity index is 2.31. The molecular formula is C13H14BrNO4. The van der Waals surface area contributed by atoms with E-state index in [9.17, 15) is 4.79 Å². The summed E-state index contributed by atoms with van der Waals surface area (Å²) in [6.45, 7) is 5.32. The molecule has 2 aromatic heterocycles. The van der Waals surface area contributed by atoms with E-state index in [2.05, 4.69) is 21.1 Å². The molecule has 2 aromatic rings. The molecule has 0 saturated carbocycles. The Morgan fingerprint density at radius 1 is 1.47 bits per heavy atom. The Hall–Kier alpha value is -1.56. The van der Waals surface area contributed by atoms with Gasteiger partial charge in [-0.05, 0) is 38.1 Å². The van der Waals surface area contributed by atoms with Gasteiger partial charge in [0.2, 0.25) is 5.76 Å². The molecule has 0 aliphatic rings. The van der Waals surface area contributed by atoms with Crippen LogP contribution in [0.2, 0.25) is 0 Å². The highest BCUT2D eigenvalue weighted by Crippen LogP contribution is 2.33. The van der Waals surface area contributed by atoms with E-state index < -0.39 is 5.41 Å². The topological polar surface area (TPSA) is 65.5 Å². The Labute approximate surface area is 119 Å². The van der Waals surface area contributed by atoms with Crippen molar-refractivity contribution >= 4 is 21.9 Å². The molecule has 0 fully saturated rings. The molecule has 0 unspecified atom stereocenters. The zero-order valence-electron chi connectivity index (χ0n) is 10.9. The second-order valence-electron chi connectivity index (χ2n) is 5.05. The number of ether oxygens (including phenoxy) is 1. The summed E-state index contributed by atoms with van der Waals surface area (Å²) in [6, 6.07) is 3.50. The molecule has 0 aromatic carbocycles. The molecule has 0 radical (unpaired) electrons. The molecule has 0 bridgehead atoms. The third-order valence-electron chi connectivity index (χ3n) is 2.43. The fourth-order valence-electron chi connectivity index (χ4n) is 1.33. The van der Waals surface area contributed by atoms with Crippen molar-refractivity contribution in [3.8, 4) is 17.4 Å². The first-order chi connectivity index (χ1) is 8.93. The summed E-state index contributed by atoms with van der Waals surface area (Å²) in [5.41, 5.74) is 0.0421. The lowest BCUT2D eigenvalue weighted by Crippen LogP contribution is -2.26. The monoisotopic (exact) mass is 327 g/mol. The fourth-order valence-corrected chi connectivity index (χ4v) is 1.83. The van der Waals surface area contributed by atoms with Crippen LogP contribution in [0.1, 0.15) is 26.3 Å². The van der Waals surface area contributed by atoms with Crippen molar-refractivity contribution in [3.63, 3.8) is 0 Å². The van der Waals surface area contributed by atoms with Gasteiger partial charge in [0.25, 0.3) is 5.88 Å². The van der Waals surface area contributed by atoms with Gasteiger partial charge in [0.15, 0.2) is 5.76 Å². The zero-order chi connectivity index (χ0) is 14.0. The summed E-state index contributed by atoms with van der Waals surface area (Å²) < 4.78 is 15.7. The predicted octanol–water partition coefficient (Wildman–Crippen LogP) is 3.78. The molecule has 0 aliphatic heterocycles. The SMILES string of the molecule is CC(C)(C)C(=O)Oc1noc(-c2ccco2)c1CBr. The maximum absolute atomic E-state index is 11.9. The van der Waals surface area contributed by atoms with Crippen LogP contribution in [0.4, 0.5) is 0 Å². The lowest BCUT2D eigenvalue weighted by molar-refractivity contribution is -0.143. The predicted molar refractivity (Wildman–Crippen MR) is 71.9 cm³/mol. The molecule has 0 atom stereocenters. The third kappa shape index (κ3) is 2.89. The van der Waals surface area contributed by atoms with Gasteiger partial charge >= 0.3 is 5.97 Å². The summed E-state index contributed by atoms with van der Waals surface area (Å²) in [7, 11) is 0. The van der Waals surface area contributed by atoms with Gasteiger partial charge in [-0.1, -0.05) is 15.9 Å². The third-order valence-corrected chi connectivity index (χ3v) is 2.99. The molecular weight excluding hydrogens is 314 g/mol. The Morgan fingerprint density at radius 2 is 2.21 bits per heavy atom. The molecule has 0 amide bonds. The van der Waals surface area contributed by atoms with E-state index in [1.165, 1.54) is 6.26 Å². The average Bonchev–Trinajstić information content (AvgIpc) is 2.95. The van der Waals surface area contributed by atoms with E-state index in [4.69, 9.17) is 13.7 Å². The molecule has 2 heterocycles. The van der Waals surface area contributed by atoms with Crippen molar-refractivity contribution in [1.82, 2.24) is 5.16 Å². The van der Waals surface area contributed by atoms with Gasteiger partial charge in [0, 0.05) is 5.33 Å². The minimum Gasteiger partial charge on any atom is -0.461 e. The standard InChI is InChI=1S/C13H14BrNO4/c1-13(2,3)12(16)18-11-8(7-14)10(19-15-11)9-5-4-6-17-9/h4-6H,7H2,1-3H3. The van der Waals surface area contributed by atoms with E-state index in [1.54, 1.807) is 32.9 Å². The van der Waals surface area contributed by atoms with Crippen LogP contribution in [0, 0.1) is 5.41 Å². The Kier molecular flexibility index (Phi) is 3.80. The van der Waals surface area contributed by atoms with Crippen molar-refractivity contribution in [2.75, 3.05) is 0 Å². The number of halogens is 1. The number of aromatic nitrogens is 1. The van der Waals surface area contributed by atoms with Crippen LogP contribution in [-0.4, -0.2) is 11.1 Å². The molecule has 6 heteroatoms. The van der Waals surface area contributed by atoms with Gasteiger partial charge in [-0.2, -0.15) is 0 Å². The van der Waals surface area contributed by atoms with Gasteiger partial charge in [-0.3, -0.25) is 4.79 Å². The van der Waals surface area contributed by atoms with Gasteiger partial charge in [0.05, 0.1) is 17.2 Å². The number of carbonyl (C=O) groups is 1. The summed E-state index contributed by atoms with van der Waals surface area (Å²) in [5.74, 6) is 0.802. The first-order valence-corrected chi connectivity index (χ1v) is 6.86. The average molecular weight is 328 g/mol. The highest BCUT2D eigenvalue weighted by atomic mass is 79.9. The van der Waals surface area contributed by atoms with Gasteiger partial charge in [-0.15, -0.1) is 0 Å². The van der Waals surface area contributed by atoms with Crippen molar-refractivity contribution in [3.05, 3.63) is 24.0 Å². The summed E-state index contributed by atoms with van der Waals surface area (Å²) in [4.78, 5) is 11.9. The van der Waals surface area contributed by atoms with Crippen LogP contribution >= 0.6 is 15.9 Å². The number of carbonyl (C=O) groups excluding carboxylic acids is 1. The van der Waals surface area contributed by atoms with Crippen molar-refractivity contribution < 1.29 is 18.5 Å². The normalized spacial score (nSPS) is 11.6. The van der Waals surface area contributed by atoms with E-state index in [0.29, 0.717) is 22.4 Å². The smallest absolute Gasteiger partial charge is 0.318 e. The number of alkyl halides is 1. The molecule has 102 valence electrons. The van der Waals surface area contributed by atoms with E-state index in [1.807, 2.05) is 0 Å². The highest BCUT2D eigenvalue weighted by molar-refractivity contribution is 9.08. The quantitative estimate of drug-likeness (QED) is 0.634. The molecule has 0 spiro atoms. The lowest BCUT2D eigenvalue weighted by atomic mass is 9.97. The molecule has 0 aliphatic carbocycles. The number of esters is 1. The van der Waals surface area contributed by atoms with Gasteiger partial charge in [0.1, 0.15) is 0 Å².